The van der Waals surface area contributed by atoms with Crippen LogP contribution in [0.1, 0.15) is 38.5 Å². The van der Waals surface area contributed by atoms with Crippen molar-refractivity contribution >= 4 is 23.2 Å². The number of hydrogen-bond donors (Lipinski definition) is 3. The van der Waals surface area contributed by atoms with Crippen molar-refractivity contribution in [3.05, 3.63) is 23.9 Å². The van der Waals surface area contributed by atoms with Gasteiger partial charge in [-0.2, -0.15) is 5.26 Å². The third-order valence-electron chi connectivity index (χ3n) is 4.71. The number of carbonyl (C=O) groups excluding carboxylic acids is 1. The average Bonchev–Trinajstić information content (AvgIpc) is 3.32. The van der Waals surface area contributed by atoms with Gasteiger partial charge in [-0.15, -0.1) is 0 Å². The van der Waals surface area contributed by atoms with Crippen LogP contribution in [0.15, 0.2) is 23.9 Å². The molecule has 0 bridgehead atoms. The molecule has 0 aromatic heterocycles. The second-order valence-corrected chi connectivity index (χ2v) is 6.74. The van der Waals surface area contributed by atoms with Gasteiger partial charge in [0.15, 0.2) is 5.11 Å². The van der Waals surface area contributed by atoms with Gasteiger partial charge in [-0.3, -0.25) is 15.6 Å². The number of nitrogens with one attached hydrogen (secondary N) is 3. The number of rotatable bonds is 2. The number of thiocarbonyl (C=S) groups is 1. The fourth-order valence-corrected chi connectivity index (χ4v) is 3.35. The summed E-state index contributed by atoms with van der Waals surface area (Å²) in [7, 11) is 0. The summed E-state index contributed by atoms with van der Waals surface area (Å²) in [5.74, 6) is 1.05. The van der Waals surface area contributed by atoms with Gasteiger partial charge in [0.25, 0.3) is 5.91 Å². The summed E-state index contributed by atoms with van der Waals surface area (Å²) in [5, 5.41) is 12.8. The van der Waals surface area contributed by atoms with Crippen LogP contribution in [0.2, 0.25) is 0 Å². The molecule has 5 nitrogen and oxygen atoms in total. The predicted octanol–water partition coefficient (Wildman–Crippen LogP) is 2.05. The lowest BCUT2D eigenvalue weighted by Gasteiger charge is -2.29. The molecule has 6 heteroatoms. The molecule has 2 fully saturated rings. The topological polar surface area (TPSA) is 77.0 Å². The molecule has 1 amide bonds. The van der Waals surface area contributed by atoms with Crippen LogP contribution in [0.3, 0.4) is 0 Å². The molecule has 2 unspecified atom stereocenters. The van der Waals surface area contributed by atoms with Gasteiger partial charge in [0.05, 0.1) is 6.07 Å². The Bertz CT molecular complexity index is 583. The Morgan fingerprint density at radius 1 is 1.27 bits per heavy atom. The molecular formula is C16H20N4OS. The zero-order valence-electron chi connectivity index (χ0n) is 12.4. The predicted molar refractivity (Wildman–Crippen MR) is 87.0 cm³/mol. The van der Waals surface area contributed by atoms with Crippen molar-refractivity contribution in [3.8, 4) is 6.07 Å². The first kappa shape index (κ1) is 15.0. The van der Waals surface area contributed by atoms with Crippen LogP contribution < -0.4 is 16.2 Å². The highest BCUT2D eigenvalue weighted by molar-refractivity contribution is 7.80. The minimum Gasteiger partial charge on any atom is -0.332 e. The molecule has 0 aromatic carbocycles. The molecule has 116 valence electrons. The molecule has 3 rings (SSSR count). The number of nitrogens with zero attached hydrogens (tertiary/aromatic N) is 1. The molecule has 0 saturated heterocycles. The van der Waals surface area contributed by atoms with E-state index >= 15 is 0 Å². The second-order valence-electron chi connectivity index (χ2n) is 6.33. The Balaban J connectivity index is 1.49. The number of fused-ring (bicyclic) bond motifs is 1. The molecule has 0 heterocycles. The first-order valence-corrected chi connectivity index (χ1v) is 8.22. The molecule has 0 radical (unpaired) electrons. The fraction of sp³-hybridized carbons (Fsp3) is 0.562. The number of nitriles is 1. The average molecular weight is 316 g/mol. The standard InChI is InChI=1S/C16H20N4OS/c17-10-16(6-2-1-3-7-16)14(21)19-20-15(22)18-13-5-4-11-8-12(11)9-13/h4-5,9,11-12H,1-3,6-8H2,(H,19,21)(H2,18,20,22). The van der Waals surface area contributed by atoms with Crippen LogP contribution >= 0.6 is 12.2 Å². The van der Waals surface area contributed by atoms with Gasteiger partial charge < -0.3 is 5.32 Å². The van der Waals surface area contributed by atoms with E-state index in [2.05, 4.69) is 34.4 Å². The zero-order valence-corrected chi connectivity index (χ0v) is 13.2. The van der Waals surface area contributed by atoms with Gasteiger partial charge in [0, 0.05) is 5.70 Å². The highest BCUT2D eigenvalue weighted by Gasteiger charge is 2.40. The molecule has 3 N–H and O–H groups in total. The van der Waals surface area contributed by atoms with Crippen LogP contribution in [0, 0.1) is 28.6 Å². The summed E-state index contributed by atoms with van der Waals surface area (Å²) < 4.78 is 0. The van der Waals surface area contributed by atoms with E-state index in [0.29, 0.717) is 29.8 Å². The highest BCUT2D eigenvalue weighted by Crippen LogP contribution is 2.43. The molecule has 0 spiro atoms. The minimum absolute atomic E-state index is 0.283. The summed E-state index contributed by atoms with van der Waals surface area (Å²) in [6, 6.07) is 2.20. The molecule has 0 aromatic rings. The monoisotopic (exact) mass is 316 g/mol. The van der Waals surface area contributed by atoms with Crippen molar-refractivity contribution in [2.45, 2.75) is 38.5 Å². The van der Waals surface area contributed by atoms with Gasteiger partial charge in [-0.1, -0.05) is 31.4 Å². The van der Waals surface area contributed by atoms with Crippen molar-refractivity contribution in [1.29, 1.82) is 5.26 Å². The minimum atomic E-state index is -0.911. The second kappa shape index (κ2) is 6.09. The molecule has 3 aliphatic carbocycles. The zero-order chi connectivity index (χ0) is 15.6. The van der Waals surface area contributed by atoms with Crippen molar-refractivity contribution in [2.24, 2.45) is 17.3 Å². The van der Waals surface area contributed by atoms with Gasteiger partial charge in [-0.05, 0) is 49.4 Å². The molecule has 22 heavy (non-hydrogen) atoms. The number of amides is 1. The fourth-order valence-electron chi connectivity index (χ4n) is 3.19. The van der Waals surface area contributed by atoms with Gasteiger partial charge >= 0.3 is 0 Å². The van der Waals surface area contributed by atoms with Gasteiger partial charge in [-0.25, -0.2) is 0 Å². The third kappa shape index (κ3) is 3.14. The number of allylic oxidation sites excluding steroid dienone is 3. The Morgan fingerprint density at radius 3 is 2.73 bits per heavy atom. The Morgan fingerprint density at radius 2 is 2.05 bits per heavy atom. The van der Waals surface area contributed by atoms with Crippen molar-refractivity contribution in [3.63, 3.8) is 0 Å². The van der Waals surface area contributed by atoms with Crippen molar-refractivity contribution in [2.75, 3.05) is 0 Å². The molecular weight excluding hydrogens is 296 g/mol. The summed E-state index contributed by atoms with van der Waals surface area (Å²) in [5.41, 5.74) is 5.34. The van der Waals surface area contributed by atoms with E-state index in [1.807, 2.05) is 6.08 Å². The van der Waals surface area contributed by atoms with Crippen LogP contribution in [0.4, 0.5) is 0 Å². The lowest BCUT2D eigenvalue weighted by Crippen LogP contribution is -2.52. The maximum Gasteiger partial charge on any atom is 0.258 e. The first-order chi connectivity index (χ1) is 10.6. The lowest BCUT2D eigenvalue weighted by molar-refractivity contribution is -0.130. The molecule has 0 aliphatic heterocycles. The SMILES string of the molecule is N#CC1(C(=O)NNC(=S)NC2=CC3CC3C=C2)CCCCC1. The van der Waals surface area contributed by atoms with Gasteiger partial charge in [0.2, 0.25) is 0 Å². The van der Waals surface area contributed by atoms with Crippen molar-refractivity contribution in [1.82, 2.24) is 16.2 Å². The first-order valence-electron chi connectivity index (χ1n) is 7.82. The van der Waals surface area contributed by atoms with E-state index in [4.69, 9.17) is 12.2 Å². The third-order valence-corrected chi connectivity index (χ3v) is 4.92. The van der Waals surface area contributed by atoms with Crippen LogP contribution in [-0.4, -0.2) is 11.0 Å². The quantitative estimate of drug-likeness (QED) is 0.537. The molecule has 2 saturated carbocycles. The number of hydrazine groups is 1. The van der Waals surface area contributed by atoms with E-state index in [9.17, 15) is 10.1 Å². The Hall–Kier alpha value is -1.87. The molecule has 3 aliphatic rings. The normalized spacial score (nSPS) is 27.7. The van der Waals surface area contributed by atoms with E-state index < -0.39 is 5.41 Å². The maximum absolute atomic E-state index is 12.3. The lowest BCUT2D eigenvalue weighted by atomic mass is 9.75. The van der Waals surface area contributed by atoms with Crippen LogP contribution in [-0.2, 0) is 4.79 Å². The van der Waals surface area contributed by atoms with E-state index in [1.54, 1.807) is 0 Å². The van der Waals surface area contributed by atoms with E-state index in [0.717, 1.165) is 25.0 Å². The van der Waals surface area contributed by atoms with Crippen LogP contribution in [0.25, 0.3) is 0 Å². The summed E-state index contributed by atoms with van der Waals surface area (Å²) in [6.07, 6.45) is 11.7. The highest BCUT2D eigenvalue weighted by atomic mass is 32.1. The summed E-state index contributed by atoms with van der Waals surface area (Å²) in [4.78, 5) is 12.3. The van der Waals surface area contributed by atoms with Gasteiger partial charge in [0.1, 0.15) is 5.41 Å². The largest absolute Gasteiger partial charge is 0.332 e. The maximum atomic E-state index is 12.3. The summed E-state index contributed by atoms with van der Waals surface area (Å²) in [6.45, 7) is 0. The number of carbonyl (C=O) groups is 1. The summed E-state index contributed by atoms with van der Waals surface area (Å²) >= 11 is 5.18. The smallest absolute Gasteiger partial charge is 0.258 e. The van der Waals surface area contributed by atoms with E-state index in [-0.39, 0.29) is 5.91 Å². The van der Waals surface area contributed by atoms with Crippen molar-refractivity contribution < 1.29 is 4.79 Å². The number of hydrogen-bond acceptors (Lipinski definition) is 3. The Kier molecular flexibility index (Phi) is 4.16. The van der Waals surface area contributed by atoms with E-state index in [1.165, 1.54) is 6.42 Å². The Labute approximate surface area is 135 Å². The van der Waals surface area contributed by atoms with Crippen LogP contribution in [0.5, 0.6) is 0 Å². The molecule has 2 atom stereocenters.